The number of halogens is 1. The monoisotopic (exact) mass is 310 g/mol. The summed E-state index contributed by atoms with van der Waals surface area (Å²) in [6.07, 6.45) is 0. The second-order valence-electron chi connectivity index (χ2n) is 4.87. The van der Waals surface area contributed by atoms with Gasteiger partial charge in [-0.05, 0) is 25.1 Å². The van der Waals surface area contributed by atoms with Gasteiger partial charge in [-0.15, -0.1) is 11.8 Å². The van der Waals surface area contributed by atoms with E-state index in [0.717, 1.165) is 17.0 Å². The smallest absolute Gasteiger partial charge is 0.268 e. The summed E-state index contributed by atoms with van der Waals surface area (Å²) in [4.78, 5) is 27.4. The van der Waals surface area contributed by atoms with Gasteiger partial charge in [-0.3, -0.25) is 9.59 Å². The lowest BCUT2D eigenvalue weighted by Gasteiger charge is -2.32. The Bertz CT molecular complexity index is 607. The first-order valence-electron chi connectivity index (χ1n) is 6.56. The van der Waals surface area contributed by atoms with Gasteiger partial charge in [-0.25, -0.2) is 0 Å². The molecule has 6 heteroatoms. The van der Waals surface area contributed by atoms with E-state index in [-0.39, 0.29) is 11.8 Å². The summed E-state index contributed by atoms with van der Waals surface area (Å²) in [5, 5.41) is 0.588. The van der Waals surface area contributed by atoms with Gasteiger partial charge < -0.3 is 9.80 Å². The standard InChI is InChI=1S/C14H15ClN2O2S/c1-3-16-12-5-4-10(15)8-11(12)14(13(16)19)17(9(2)18)6-7-20-14/h4-5,8H,3,6-7H2,1-2H3. The molecule has 2 aliphatic rings. The molecule has 3 rings (SSSR count). The van der Waals surface area contributed by atoms with Crippen LogP contribution in [0.4, 0.5) is 5.69 Å². The van der Waals surface area contributed by atoms with E-state index in [0.29, 0.717) is 18.1 Å². The Morgan fingerprint density at radius 2 is 2.25 bits per heavy atom. The highest BCUT2D eigenvalue weighted by Gasteiger charge is 2.58. The van der Waals surface area contributed by atoms with Crippen molar-refractivity contribution < 1.29 is 9.59 Å². The second-order valence-corrected chi connectivity index (χ2v) is 6.60. The maximum absolute atomic E-state index is 12.9. The normalized spacial score (nSPS) is 24.6. The zero-order valence-electron chi connectivity index (χ0n) is 11.4. The van der Waals surface area contributed by atoms with Crippen LogP contribution in [-0.4, -0.2) is 35.6 Å². The molecule has 1 spiro atoms. The number of carbonyl (C=O) groups excluding carboxylic acids is 2. The lowest BCUT2D eigenvalue weighted by molar-refractivity contribution is -0.138. The van der Waals surface area contributed by atoms with Crippen molar-refractivity contribution in [1.82, 2.24) is 4.90 Å². The minimum Gasteiger partial charge on any atom is -0.315 e. The van der Waals surface area contributed by atoms with Crippen LogP contribution in [0.15, 0.2) is 18.2 Å². The molecule has 1 aromatic rings. The van der Waals surface area contributed by atoms with E-state index in [4.69, 9.17) is 11.6 Å². The molecule has 0 saturated carbocycles. The molecule has 1 saturated heterocycles. The van der Waals surface area contributed by atoms with Crippen molar-refractivity contribution in [3.05, 3.63) is 28.8 Å². The van der Waals surface area contributed by atoms with Crippen LogP contribution in [0, 0.1) is 0 Å². The molecule has 0 aromatic heterocycles. The number of benzene rings is 1. The summed E-state index contributed by atoms with van der Waals surface area (Å²) < 4.78 is 0. The van der Waals surface area contributed by atoms with Crippen LogP contribution in [0.5, 0.6) is 0 Å². The molecule has 2 amide bonds. The number of likely N-dealkylation sites (N-methyl/N-ethyl adjacent to an activating group) is 1. The number of carbonyl (C=O) groups is 2. The fourth-order valence-electron chi connectivity index (χ4n) is 3.04. The van der Waals surface area contributed by atoms with E-state index in [1.807, 2.05) is 19.1 Å². The molecule has 20 heavy (non-hydrogen) atoms. The Morgan fingerprint density at radius 1 is 1.50 bits per heavy atom. The SMILES string of the molecule is CCN1C(=O)C2(SCCN2C(C)=O)c2cc(Cl)ccc21. The number of nitrogens with zero attached hydrogens (tertiary/aromatic N) is 2. The minimum atomic E-state index is -0.915. The number of hydrogen-bond acceptors (Lipinski definition) is 3. The van der Waals surface area contributed by atoms with E-state index in [9.17, 15) is 9.59 Å². The first kappa shape index (κ1) is 13.8. The number of thioether (sulfide) groups is 1. The van der Waals surface area contributed by atoms with Crippen LogP contribution >= 0.6 is 23.4 Å². The largest absolute Gasteiger partial charge is 0.315 e. The molecule has 2 aliphatic heterocycles. The fourth-order valence-corrected chi connectivity index (χ4v) is 4.71. The molecule has 1 aromatic carbocycles. The van der Waals surface area contributed by atoms with Crippen molar-refractivity contribution in [2.75, 3.05) is 23.7 Å². The van der Waals surface area contributed by atoms with E-state index in [2.05, 4.69) is 0 Å². The zero-order valence-corrected chi connectivity index (χ0v) is 12.9. The number of anilines is 1. The van der Waals surface area contributed by atoms with Crippen molar-refractivity contribution in [2.45, 2.75) is 18.7 Å². The molecular formula is C14H15ClN2O2S. The summed E-state index contributed by atoms with van der Waals surface area (Å²) in [5.41, 5.74) is 1.71. The third-order valence-corrected chi connectivity index (χ3v) is 5.51. The number of hydrogen-bond donors (Lipinski definition) is 0. The van der Waals surface area contributed by atoms with Crippen LogP contribution < -0.4 is 4.90 Å². The van der Waals surface area contributed by atoms with E-state index in [1.165, 1.54) is 18.7 Å². The summed E-state index contributed by atoms with van der Waals surface area (Å²) in [5.74, 6) is 0.650. The molecule has 4 nitrogen and oxygen atoms in total. The maximum Gasteiger partial charge on any atom is 0.268 e. The van der Waals surface area contributed by atoms with Gasteiger partial charge in [0.05, 0.1) is 5.69 Å². The highest BCUT2D eigenvalue weighted by Crippen LogP contribution is 2.54. The molecule has 0 aliphatic carbocycles. The highest BCUT2D eigenvalue weighted by atomic mass is 35.5. The molecule has 1 unspecified atom stereocenters. The van der Waals surface area contributed by atoms with Crippen molar-refractivity contribution >= 4 is 40.9 Å². The number of rotatable bonds is 1. The third-order valence-electron chi connectivity index (χ3n) is 3.85. The van der Waals surface area contributed by atoms with E-state index in [1.54, 1.807) is 15.9 Å². The van der Waals surface area contributed by atoms with Gasteiger partial charge in [0, 0.05) is 36.4 Å². The van der Waals surface area contributed by atoms with Crippen molar-refractivity contribution in [1.29, 1.82) is 0 Å². The Hall–Kier alpha value is -1.20. The van der Waals surface area contributed by atoms with Gasteiger partial charge in [0.2, 0.25) is 5.91 Å². The van der Waals surface area contributed by atoms with Crippen LogP contribution in [0.1, 0.15) is 19.4 Å². The molecular weight excluding hydrogens is 296 g/mol. The van der Waals surface area contributed by atoms with Gasteiger partial charge in [0.25, 0.3) is 5.91 Å². The van der Waals surface area contributed by atoms with Gasteiger partial charge in [0.15, 0.2) is 4.87 Å². The van der Waals surface area contributed by atoms with Crippen molar-refractivity contribution in [3.8, 4) is 0 Å². The third kappa shape index (κ3) is 1.63. The Labute approximate surface area is 127 Å². The van der Waals surface area contributed by atoms with Crippen molar-refractivity contribution in [3.63, 3.8) is 0 Å². The second kappa shape index (κ2) is 4.67. The van der Waals surface area contributed by atoms with E-state index >= 15 is 0 Å². The highest BCUT2D eigenvalue weighted by molar-refractivity contribution is 8.01. The van der Waals surface area contributed by atoms with Crippen LogP contribution in [0.2, 0.25) is 5.02 Å². The first-order valence-corrected chi connectivity index (χ1v) is 7.93. The van der Waals surface area contributed by atoms with Crippen LogP contribution in [0.25, 0.3) is 0 Å². The van der Waals surface area contributed by atoms with Crippen molar-refractivity contribution in [2.24, 2.45) is 0 Å². The number of amides is 2. The van der Waals surface area contributed by atoms with E-state index < -0.39 is 4.87 Å². The summed E-state index contributed by atoms with van der Waals surface area (Å²) >= 11 is 7.63. The van der Waals surface area contributed by atoms with Crippen LogP contribution in [0.3, 0.4) is 0 Å². The molecule has 106 valence electrons. The lowest BCUT2D eigenvalue weighted by Crippen LogP contribution is -2.49. The fraction of sp³-hybridized carbons (Fsp3) is 0.429. The van der Waals surface area contributed by atoms with Gasteiger partial charge in [0.1, 0.15) is 0 Å². The van der Waals surface area contributed by atoms with Gasteiger partial charge in [-0.2, -0.15) is 0 Å². The summed E-state index contributed by atoms with van der Waals surface area (Å²) in [6, 6.07) is 5.47. The molecule has 2 heterocycles. The first-order chi connectivity index (χ1) is 9.52. The minimum absolute atomic E-state index is 0.0324. The quantitative estimate of drug-likeness (QED) is 0.800. The maximum atomic E-state index is 12.9. The van der Waals surface area contributed by atoms with Gasteiger partial charge in [-0.1, -0.05) is 11.6 Å². The topological polar surface area (TPSA) is 40.6 Å². The predicted octanol–water partition coefficient (Wildman–Crippen LogP) is 2.45. The zero-order chi connectivity index (χ0) is 14.5. The molecule has 0 bridgehead atoms. The molecule has 1 fully saturated rings. The van der Waals surface area contributed by atoms with Crippen LogP contribution in [-0.2, 0) is 14.5 Å². The Kier molecular flexibility index (Phi) is 3.21. The average molecular weight is 311 g/mol. The summed E-state index contributed by atoms with van der Waals surface area (Å²) in [6.45, 7) is 4.63. The number of fused-ring (bicyclic) bond motifs is 2. The lowest BCUT2D eigenvalue weighted by atomic mass is 10.1. The Morgan fingerprint density at radius 3 is 2.90 bits per heavy atom. The molecule has 0 radical (unpaired) electrons. The Balaban J connectivity index is 2.24. The molecule has 1 atom stereocenters. The van der Waals surface area contributed by atoms with Gasteiger partial charge >= 0.3 is 0 Å². The molecule has 0 N–H and O–H groups in total. The summed E-state index contributed by atoms with van der Waals surface area (Å²) in [7, 11) is 0. The predicted molar refractivity (Wildman–Crippen MR) is 81.0 cm³/mol. The average Bonchev–Trinajstić information content (AvgIpc) is 2.94.